The molecule has 156 valence electrons. The zero-order valence-corrected chi connectivity index (χ0v) is 17.2. The molecule has 32 heavy (non-hydrogen) atoms. The van der Waals surface area contributed by atoms with Crippen LogP contribution in [0.2, 0.25) is 5.02 Å². The molecule has 1 atom stereocenters. The van der Waals surface area contributed by atoms with E-state index in [0.717, 1.165) is 4.90 Å². The number of rotatable bonds is 2. The van der Waals surface area contributed by atoms with E-state index in [4.69, 9.17) is 11.6 Å². The molecular weight excluding hydrogens is 428 g/mol. The van der Waals surface area contributed by atoms with Crippen LogP contribution in [0.25, 0.3) is 6.08 Å². The van der Waals surface area contributed by atoms with Gasteiger partial charge in [0.1, 0.15) is 11.9 Å². The molecule has 2 N–H and O–H groups in total. The maximum atomic E-state index is 13.5. The average molecular weight is 443 g/mol. The molecule has 3 aromatic carbocycles. The smallest absolute Gasteiger partial charge is 0.330 e. The summed E-state index contributed by atoms with van der Waals surface area (Å²) >= 11 is 6.07. The second-order valence-electron chi connectivity index (χ2n) is 7.35. The molecule has 5 rings (SSSR count). The number of nitriles is 1. The number of carbonyl (C=O) groups excluding carboxylic acids is 2. The molecule has 3 aromatic rings. The van der Waals surface area contributed by atoms with Crippen LogP contribution >= 0.6 is 11.6 Å². The highest BCUT2D eigenvalue weighted by Crippen LogP contribution is 2.41. The lowest BCUT2D eigenvalue weighted by atomic mass is 9.95. The molecule has 0 saturated carbocycles. The number of aromatic hydroxyl groups is 1. The molecule has 0 bridgehead atoms. The molecule has 1 fully saturated rings. The Balaban J connectivity index is 1.68. The summed E-state index contributed by atoms with van der Waals surface area (Å²) in [6.45, 7) is 0. The Morgan fingerprint density at radius 1 is 1.00 bits per heavy atom. The first-order chi connectivity index (χ1) is 15.5. The summed E-state index contributed by atoms with van der Waals surface area (Å²) < 4.78 is 0. The molecule has 1 saturated heterocycles. The molecule has 0 aliphatic carbocycles. The van der Waals surface area contributed by atoms with Crippen molar-refractivity contribution in [2.75, 3.05) is 9.80 Å². The number of carbonyl (C=O) groups is 2. The minimum absolute atomic E-state index is 0.0330. The largest absolute Gasteiger partial charge is 0.508 e. The molecule has 2 aliphatic rings. The number of nitrogens with one attached hydrogen (secondary N) is 1. The molecule has 0 radical (unpaired) electrons. The van der Waals surface area contributed by atoms with Crippen molar-refractivity contribution in [1.82, 2.24) is 5.32 Å². The number of imide groups is 1. The Bertz CT molecular complexity index is 1360. The first-order valence-electron chi connectivity index (χ1n) is 9.71. The number of fused-ring (bicyclic) bond motifs is 2. The number of phenols is 1. The second-order valence-corrected chi connectivity index (χ2v) is 7.78. The third kappa shape index (κ3) is 3.14. The number of amides is 3. The van der Waals surface area contributed by atoms with E-state index in [1.807, 2.05) is 0 Å². The van der Waals surface area contributed by atoms with Gasteiger partial charge >= 0.3 is 6.03 Å². The van der Waals surface area contributed by atoms with Crippen molar-refractivity contribution in [2.45, 2.75) is 6.17 Å². The Morgan fingerprint density at radius 3 is 2.53 bits per heavy atom. The van der Waals surface area contributed by atoms with Crippen molar-refractivity contribution in [3.8, 4) is 11.8 Å². The van der Waals surface area contributed by atoms with Gasteiger partial charge in [0, 0.05) is 16.8 Å². The quantitative estimate of drug-likeness (QED) is 0.607. The van der Waals surface area contributed by atoms with Crippen LogP contribution in [0.1, 0.15) is 11.1 Å². The molecule has 7 nitrogen and oxygen atoms in total. The molecule has 2 aliphatic heterocycles. The number of hydrogen-bond acceptors (Lipinski definition) is 5. The summed E-state index contributed by atoms with van der Waals surface area (Å²) in [5.74, 6) is -0.452. The van der Waals surface area contributed by atoms with Crippen molar-refractivity contribution >= 4 is 46.7 Å². The van der Waals surface area contributed by atoms with E-state index in [2.05, 4.69) is 11.4 Å². The Kier molecular flexibility index (Phi) is 4.58. The number of halogens is 1. The fraction of sp³-hybridized carbons (Fsp3) is 0.0417. The van der Waals surface area contributed by atoms with E-state index in [-0.39, 0.29) is 5.75 Å². The van der Waals surface area contributed by atoms with Gasteiger partial charge in [-0.25, -0.2) is 9.69 Å². The van der Waals surface area contributed by atoms with Crippen LogP contribution in [0.4, 0.5) is 21.9 Å². The lowest BCUT2D eigenvalue weighted by molar-refractivity contribution is -0.115. The first kappa shape index (κ1) is 19.7. The van der Waals surface area contributed by atoms with E-state index < -0.39 is 18.1 Å². The van der Waals surface area contributed by atoms with Crippen LogP contribution in [0.15, 0.2) is 72.3 Å². The summed E-state index contributed by atoms with van der Waals surface area (Å²) in [6, 6.07) is 19.6. The van der Waals surface area contributed by atoms with Gasteiger partial charge in [0.2, 0.25) is 0 Å². The van der Waals surface area contributed by atoms with Gasteiger partial charge in [-0.05, 0) is 54.1 Å². The molecular formula is C24H15ClN4O3. The minimum Gasteiger partial charge on any atom is -0.508 e. The average Bonchev–Trinajstić information content (AvgIpc) is 2.77. The summed E-state index contributed by atoms with van der Waals surface area (Å²) in [7, 11) is 0. The predicted octanol–water partition coefficient (Wildman–Crippen LogP) is 4.53. The van der Waals surface area contributed by atoms with Crippen LogP contribution in [0.5, 0.6) is 5.75 Å². The fourth-order valence-electron chi connectivity index (χ4n) is 3.97. The summed E-state index contributed by atoms with van der Waals surface area (Å²) in [5, 5.41) is 22.7. The van der Waals surface area contributed by atoms with E-state index in [1.165, 1.54) is 12.1 Å². The third-order valence-corrected chi connectivity index (χ3v) is 5.61. The SMILES string of the molecule is N#Cc1ccc2c(c1)N(c1cccc(O)c1)C1NC(=O)N(c3cccc(Cl)c3)C(=O)C1=C2. The number of nitrogens with zero attached hydrogens (tertiary/aromatic N) is 3. The van der Waals surface area contributed by atoms with Crippen LogP contribution < -0.4 is 15.1 Å². The molecule has 1 unspecified atom stereocenters. The maximum absolute atomic E-state index is 13.5. The number of benzene rings is 3. The van der Waals surface area contributed by atoms with Gasteiger partial charge in [0.15, 0.2) is 0 Å². The third-order valence-electron chi connectivity index (χ3n) is 5.37. The monoisotopic (exact) mass is 442 g/mol. The molecule has 8 heteroatoms. The highest BCUT2D eigenvalue weighted by Gasteiger charge is 2.43. The van der Waals surface area contributed by atoms with Crippen LogP contribution in [0.3, 0.4) is 0 Å². The lowest BCUT2D eigenvalue weighted by Gasteiger charge is -2.43. The van der Waals surface area contributed by atoms with Crippen LogP contribution in [-0.2, 0) is 4.79 Å². The molecule has 0 aromatic heterocycles. The first-order valence-corrected chi connectivity index (χ1v) is 10.1. The zero-order chi connectivity index (χ0) is 22.4. The van der Waals surface area contributed by atoms with E-state index in [9.17, 15) is 20.0 Å². The molecule has 2 heterocycles. The van der Waals surface area contributed by atoms with Crippen LogP contribution in [0, 0.1) is 11.3 Å². The highest BCUT2D eigenvalue weighted by atomic mass is 35.5. The highest BCUT2D eigenvalue weighted by molar-refractivity contribution is 6.31. The van der Waals surface area contributed by atoms with Gasteiger partial charge < -0.3 is 15.3 Å². The Morgan fingerprint density at radius 2 is 1.78 bits per heavy atom. The fourth-order valence-corrected chi connectivity index (χ4v) is 4.16. The molecule has 3 amide bonds. The number of hydrogen-bond donors (Lipinski definition) is 2. The summed E-state index contributed by atoms with van der Waals surface area (Å²) in [4.78, 5) is 29.3. The number of anilines is 3. The van der Waals surface area contributed by atoms with Crippen molar-refractivity contribution in [1.29, 1.82) is 5.26 Å². The zero-order valence-electron chi connectivity index (χ0n) is 16.5. The summed E-state index contributed by atoms with van der Waals surface area (Å²) in [6.07, 6.45) is 0.883. The topological polar surface area (TPSA) is 96.7 Å². The minimum atomic E-state index is -0.825. The lowest BCUT2D eigenvalue weighted by Crippen LogP contribution is -2.62. The Labute approximate surface area is 188 Å². The number of urea groups is 1. The maximum Gasteiger partial charge on any atom is 0.330 e. The van der Waals surface area contributed by atoms with E-state index in [1.54, 1.807) is 65.6 Å². The van der Waals surface area contributed by atoms with Crippen molar-refractivity contribution in [3.63, 3.8) is 0 Å². The normalized spacial score (nSPS) is 17.1. The van der Waals surface area contributed by atoms with Gasteiger partial charge in [-0.1, -0.05) is 29.8 Å². The number of phenolic OH excluding ortho intramolecular Hbond substituents is 1. The van der Waals surface area contributed by atoms with Gasteiger partial charge in [-0.2, -0.15) is 5.26 Å². The van der Waals surface area contributed by atoms with E-state index >= 15 is 0 Å². The van der Waals surface area contributed by atoms with Gasteiger partial charge in [0.05, 0.1) is 28.6 Å². The van der Waals surface area contributed by atoms with Crippen molar-refractivity contribution < 1.29 is 14.7 Å². The Hall–Kier alpha value is -4.28. The molecule has 0 spiro atoms. The van der Waals surface area contributed by atoms with Crippen molar-refractivity contribution in [2.24, 2.45) is 0 Å². The van der Waals surface area contributed by atoms with Crippen LogP contribution in [-0.4, -0.2) is 23.2 Å². The summed E-state index contributed by atoms with van der Waals surface area (Å²) in [5.41, 5.74) is 3.02. The predicted molar refractivity (Wildman–Crippen MR) is 121 cm³/mol. The van der Waals surface area contributed by atoms with Gasteiger partial charge in [0.25, 0.3) is 5.91 Å². The van der Waals surface area contributed by atoms with Gasteiger partial charge in [-0.15, -0.1) is 0 Å². The second kappa shape index (κ2) is 7.45. The van der Waals surface area contributed by atoms with Gasteiger partial charge in [-0.3, -0.25) is 4.79 Å². The van der Waals surface area contributed by atoms with E-state index in [0.29, 0.717) is 38.8 Å². The standard InChI is InChI=1S/C24H15ClN4O3/c25-16-3-1-4-17(11-16)29-23(31)20-10-15-8-7-14(13-26)9-21(15)28(22(20)27-24(29)32)18-5-2-6-19(30)12-18/h1-12,22,30H,(H,27,32). The van der Waals surface area contributed by atoms with Crippen molar-refractivity contribution in [3.05, 3.63) is 88.5 Å².